The average Bonchev–Trinajstić information content (AvgIpc) is 2.26. The zero-order chi connectivity index (χ0) is 13.9. The summed E-state index contributed by atoms with van der Waals surface area (Å²) in [5.41, 5.74) is -0.249. The molecule has 0 aliphatic carbocycles. The normalized spacial score (nSPS) is 13.2. The third-order valence-corrected chi connectivity index (χ3v) is 2.97. The first-order chi connectivity index (χ1) is 8.27. The van der Waals surface area contributed by atoms with E-state index in [4.69, 9.17) is 9.84 Å². The average molecular weight is 280 g/mol. The molecule has 1 N–H and O–H groups in total. The van der Waals surface area contributed by atoms with Gasteiger partial charge >= 0.3 is 12.1 Å². The molecule has 100 valence electrons. The van der Waals surface area contributed by atoms with Gasteiger partial charge in [-0.1, -0.05) is 6.07 Å². The Balaban J connectivity index is 3.13. The van der Waals surface area contributed by atoms with E-state index in [1.165, 1.54) is 18.2 Å². The highest BCUT2D eigenvalue weighted by atomic mass is 32.2. The molecule has 0 aromatic heterocycles. The lowest BCUT2D eigenvalue weighted by Gasteiger charge is -2.19. The van der Waals surface area contributed by atoms with E-state index in [1.807, 2.05) is 0 Å². The van der Waals surface area contributed by atoms with Gasteiger partial charge in [0.25, 0.3) is 0 Å². The molecule has 3 nitrogen and oxygen atoms in total. The monoisotopic (exact) mass is 280 g/mol. The van der Waals surface area contributed by atoms with Crippen molar-refractivity contribution >= 4 is 17.7 Å². The molecule has 0 spiro atoms. The van der Waals surface area contributed by atoms with Gasteiger partial charge in [-0.3, -0.25) is 0 Å². The van der Waals surface area contributed by atoms with Crippen LogP contribution >= 0.6 is 11.8 Å². The molecule has 1 unspecified atom stereocenters. The van der Waals surface area contributed by atoms with Gasteiger partial charge in [0.1, 0.15) is 11.3 Å². The van der Waals surface area contributed by atoms with Crippen molar-refractivity contribution in [1.82, 2.24) is 0 Å². The topological polar surface area (TPSA) is 46.5 Å². The highest BCUT2D eigenvalue weighted by molar-refractivity contribution is 7.98. The Bertz CT molecular complexity index is 446. The fourth-order valence-corrected chi connectivity index (χ4v) is 1.85. The second-order valence-corrected chi connectivity index (χ2v) is 4.29. The van der Waals surface area contributed by atoms with Gasteiger partial charge in [0.15, 0.2) is 6.10 Å². The van der Waals surface area contributed by atoms with Crippen molar-refractivity contribution in [2.45, 2.75) is 24.1 Å². The van der Waals surface area contributed by atoms with Crippen LogP contribution in [-0.4, -0.2) is 29.6 Å². The summed E-state index contributed by atoms with van der Waals surface area (Å²) in [6.07, 6.45) is -4.96. The number of alkyl halides is 3. The fraction of sp³-hybridized carbons (Fsp3) is 0.364. The van der Waals surface area contributed by atoms with Crippen LogP contribution in [-0.2, 0) is 0 Å². The van der Waals surface area contributed by atoms with E-state index in [1.54, 1.807) is 6.26 Å². The minimum atomic E-state index is -4.54. The highest BCUT2D eigenvalue weighted by Crippen LogP contribution is 2.32. The largest absolute Gasteiger partial charge is 0.480 e. The zero-order valence-electron chi connectivity index (χ0n) is 9.62. The molecule has 7 heteroatoms. The lowest BCUT2D eigenvalue weighted by Crippen LogP contribution is -2.31. The Morgan fingerprint density at radius 2 is 2.06 bits per heavy atom. The summed E-state index contributed by atoms with van der Waals surface area (Å²) in [4.78, 5) is 11.4. The Kier molecular flexibility index (Phi) is 4.50. The van der Waals surface area contributed by atoms with E-state index in [9.17, 15) is 18.0 Å². The summed E-state index contributed by atoms with van der Waals surface area (Å²) in [7, 11) is 0. The van der Waals surface area contributed by atoms with Crippen LogP contribution < -0.4 is 4.74 Å². The minimum Gasteiger partial charge on any atom is -0.480 e. The molecule has 0 fully saturated rings. The van der Waals surface area contributed by atoms with E-state index >= 15 is 0 Å². The Morgan fingerprint density at radius 1 is 1.44 bits per heavy atom. The Hall–Kier alpha value is -1.37. The van der Waals surface area contributed by atoms with Crippen molar-refractivity contribution in [2.24, 2.45) is 0 Å². The summed E-state index contributed by atoms with van der Waals surface area (Å²) >= 11 is 1.13. The number of rotatable bonds is 4. The lowest BCUT2D eigenvalue weighted by molar-refractivity contribution is -0.189. The van der Waals surface area contributed by atoms with Gasteiger partial charge in [-0.2, -0.15) is 13.2 Å². The van der Waals surface area contributed by atoms with Gasteiger partial charge in [0.05, 0.1) is 0 Å². The molecule has 0 heterocycles. The number of thioether (sulfide) groups is 1. The van der Waals surface area contributed by atoms with Crippen molar-refractivity contribution < 1.29 is 27.8 Å². The molecular formula is C11H11F3O3S. The molecule has 0 saturated carbocycles. The molecule has 0 radical (unpaired) electrons. The summed E-state index contributed by atoms with van der Waals surface area (Å²) in [5.74, 6) is -1.59. The summed E-state index contributed by atoms with van der Waals surface area (Å²) in [6.45, 7) is 0.831. The molecule has 0 saturated heterocycles. The van der Waals surface area contributed by atoms with Gasteiger partial charge in [0, 0.05) is 4.90 Å². The number of carboxylic acid groups (broad SMARTS) is 1. The molecule has 1 rings (SSSR count). The van der Waals surface area contributed by atoms with E-state index in [2.05, 4.69) is 0 Å². The molecule has 0 amide bonds. The van der Waals surface area contributed by atoms with E-state index in [0.717, 1.165) is 18.7 Å². The molecule has 0 aliphatic heterocycles. The van der Waals surface area contributed by atoms with Crippen molar-refractivity contribution in [1.29, 1.82) is 0 Å². The second kappa shape index (κ2) is 5.51. The highest BCUT2D eigenvalue weighted by Gasteiger charge is 2.38. The first kappa shape index (κ1) is 14.7. The van der Waals surface area contributed by atoms with Gasteiger partial charge < -0.3 is 9.84 Å². The van der Waals surface area contributed by atoms with E-state index in [0.29, 0.717) is 4.90 Å². The van der Waals surface area contributed by atoms with Crippen LogP contribution in [0.25, 0.3) is 0 Å². The van der Waals surface area contributed by atoms with E-state index < -0.39 is 18.2 Å². The van der Waals surface area contributed by atoms with Crippen molar-refractivity contribution in [3.63, 3.8) is 0 Å². The summed E-state index contributed by atoms with van der Waals surface area (Å²) in [6, 6.07) is 4.18. The molecule has 1 aromatic carbocycles. The van der Waals surface area contributed by atoms with Gasteiger partial charge in [-0.25, -0.2) is 4.79 Å². The smallest absolute Gasteiger partial charge is 0.425 e. The van der Waals surface area contributed by atoms with Crippen molar-refractivity contribution in [3.05, 3.63) is 23.8 Å². The zero-order valence-corrected chi connectivity index (χ0v) is 10.4. The maximum atomic E-state index is 12.4. The Morgan fingerprint density at radius 3 is 2.50 bits per heavy atom. The quantitative estimate of drug-likeness (QED) is 0.858. The van der Waals surface area contributed by atoms with E-state index in [-0.39, 0.29) is 11.3 Å². The molecule has 0 bridgehead atoms. The van der Waals surface area contributed by atoms with Crippen LogP contribution in [0.3, 0.4) is 0 Å². The second-order valence-electron chi connectivity index (χ2n) is 3.44. The summed E-state index contributed by atoms with van der Waals surface area (Å²) < 4.78 is 41.8. The number of ether oxygens (including phenoxy) is 1. The molecule has 1 atom stereocenters. The van der Waals surface area contributed by atoms with Crippen molar-refractivity contribution in [3.8, 4) is 5.75 Å². The number of carbonyl (C=O) groups is 1. The number of hydrogen-bond acceptors (Lipinski definition) is 3. The molecule has 0 aliphatic rings. The predicted molar refractivity (Wildman–Crippen MR) is 61.3 cm³/mol. The SMILES string of the molecule is CSc1cccc(OC(C)C(F)(F)F)c1C(=O)O. The van der Waals surface area contributed by atoms with Gasteiger partial charge in [-0.15, -0.1) is 11.8 Å². The number of carboxylic acids is 1. The number of halogens is 3. The third-order valence-electron chi connectivity index (χ3n) is 2.19. The van der Waals surface area contributed by atoms with Crippen LogP contribution in [0, 0.1) is 0 Å². The fourth-order valence-electron chi connectivity index (χ4n) is 1.25. The van der Waals surface area contributed by atoms with Crippen LogP contribution in [0.5, 0.6) is 5.75 Å². The molecular weight excluding hydrogens is 269 g/mol. The van der Waals surface area contributed by atoms with Crippen LogP contribution in [0.1, 0.15) is 17.3 Å². The number of aromatic carboxylic acids is 1. The first-order valence-corrected chi connectivity index (χ1v) is 6.13. The molecule has 1 aromatic rings. The minimum absolute atomic E-state index is 0.249. The maximum Gasteiger partial charge on any atom is 0.425 e. The number of hydrogen-bond donors (Lipinski definition) is 1. The van der Waals surface area contributed by atoms with Gasteiger partial charge in [-0.05, 0) is 25.3 Å². The number of benzene rings is 1. The third kappa shape index (κ3) is 3.32. The van der Waals surface area contributed by atoms with Crippen molar-refractivity contribution in [2.75, 3.05) is 6.26 Å². The van der Waals surface area contributed by atoms with Crippen LogP contribution in [0.2, 0.25) is 0 Å². The Labute approximate surface area is 106 Å². The molecule has 18 heavy (non-hydrogen) atoms. The van der Waals surface area contributed by atoms with Gasteiger partial charge in [0.2, 0.25) is 0 Å². The first-order valence-electron chi connectivity index (χ1n) is 4.91. The standard InChI is InChI=1S/C11H11F3O3S/c1-6(11(12,13)14)17-7-4-3-5-8(18-2)9(7)10(15)16/h3-6H,1-2H3,(H,15,16). The van der Waals surface area contributed by atoms with Crippen LogP contribution in [0.15, 0.2) is 23.1 Å². The summed E-state index contributed by atoms with van der Waals surface area (Å²) in [5, 5.41) is 9.02. The maximum absolute atomic E-state index is 12.4. The lowest BCUT2D eigenvalue weighted by atomic mass is 10.2. The van der Waals surface area contributed by atoms with Crippen LogP contribution in [0.4, 0.5) is 13.2 Å². The predicted octanol–water partition coefficient (Wildman–Crippen LogP) is 3.44.